The van der Waals surface area contributed by atoms with Gasteiger partial charge in [0.05, 0.1) is 7.05 Å². The fraction of sp³-hybridized carbons (Fsp3) is 0.438. The summed E-state index contributed by atoms with van der Waals surface area (Å²) in [4.78, 5) is 0. The van der Waals surface area contributed by atoms with Gasteiger partial charge in [-0.15, -0.1) is 0 Å². The van der Waals surface area contributed by atoms with E-state index in [0.29, 0.717) is 12.0 Å². The molecule has 0 saturated carbocycles. The molecule has 0 spiro atoms. The molecule has 1 aromatic carbocycles. The summed E-state index contributed by atoms with van der Waals surface area (Å²) in [6, 6.07) is 11.4. The van der Waals surface area contributed by atoms with Crippen LogP contribution >= 0.6 is 0 Å². The molecule has 0 aliphatic rings. The average molecular weight is 243 g/mol. The molecule has 0 amide bonds. The lowest BCUT2D eigenvalue weighted by Gasteiger charge is -2.17. The summed E-state index contributed by atoms with van der Waals surface area (Å²) in [6.07, 6.45) is 8.81. The molecule has 2 unspecified atom stereocenters. The third-order valence-electron chi connectivity index (χ3n) is 3.68. The molecular weight excluding hydrogens is 220 g/mol. The van der Waals surface area contributed by atoms with Gasteiger partial charge in [-0.1, -0.05) is 44.2 Å². The van der Waals surface area contributed by atoms with Crippen LogP contribution in [0.5, 0.6) is 0 Å². The van der Waals surface area contributed by atoms with Gasteiger partial charge in [0.1, 0.15) is 18.4 Å². The smallest absolute Gasteiger partial charge is 0.240 e. The maximum Gasteiger partial charge on any atom is 0.243 e. The highest BCUT2D eigenvalue weighted by molar-refractivity contribution is 5.18. The van der Waals surface area contributed by atoms with Crippen molar-refractivity contribution in [2.75, 3.05) is 0 Å². The largest absolute Gasteiger partial charge is 0.243 e. The molecular formula is C16H23N2+. The lowest BCUT2D eigenvalue weighted by molar-refractivity contribution is -0.671. The molecule has 2 rings (SSSR count). The molecule has 0 bridgehead atoms. The number of aromatic nitrogens is 2. The van der Waals surface area contributed by atoms with E-state index >= 15 is 0 Å². The fourth-order valence-electron chi connectivity index (χ4n) is 2.51. The molecule has 2 nitrogen and oxygen atoms in total. The number of hydrogen-bond donors (Lipinski definition) is 0. The standard InChI is InChI=1S/C16H23N2/c1-4-16(18-11-10-17(3)13-18)12-14(2)15-8-6-5-7-9-15/h5-11,13-14,16H,4,12H2,1-3H3/q+1. The quantitative estimate of drug-likeness (QED) is 0.711. The van der Waals surface area contributed by atoms with Crippen molar-refractivity contribution in [1.29, 1.82) is 0 Å². The minimum absolute atomic E-state index is 0.585. The minimum Gasteiger partial charge on any atom is -0.240 e. The molecule has 18 heavy (non-hydrogen) atoms. The third kappa shape index (κ3) is 3.00. The Bertz CT molecular complexity index is 473. The van der Waals surface area contributed by atoms with Gasteiger partial charge in [0.25, 0.3) is 0 Å². The predicted molar refractivity (Wildman–Crippen MR) is 74.4 cm³/mol. The summed E-state index contributed by atoms with van der Waals surface area (Å²) in [7, 11) is 2.07. The van der Waals surface area contributed by atoms with Crippen LogP contribution in [0.15, 0.2) is 49.1 Å². The van der Waals surface area contributed by atoms with E-state index < -0.39 is 0 Å². The first-order valence-corrected chi connectivity index (χ1v) is 6.78. The zero-order valence-corrected chi connectivity index (χ0v) is 11.6. The Morgan fingerprint density at radius 3 is 2.50 bits per heavy atom. The third-order valence-corrected chi connectivity index (χ3v) is 3.68. The Balaban J connectivity index is 2.07. The van der Waals surface area contributed by atoms with E-state index in [1.165, 1.54) is 18.4 Å². The van der Waals surface area contributed by atoms with Crippen LogP contribution in [0.2, 0.25) is 0 Å². The number of benzene rings is 1. The van der Waals surface area contributed by atoms with E-state index in [4.69, 9.17) is 0 Å². The molecule has 0 aliphatic heterocycles. The maximum absolute atomic E-state index is 2.33. The van der Waals surface area contributed by atoms with Gasteiger partial charge in [0.15, 0.2) is 0 Å². The van der Waals surface area contributed by atoms with Crippen LogP contribution in [0.4, 0.5) is 0 Å². The van der Waals surface area contributed by atoms with Gasteiger partial charge < -0.3 is 0 Å². The molecule has 0 radical (unpaired) electrons. The molecule has 0 aliphatic carbocycles. The van der Waals surface area contributed by atoms with Crippen molar-refractivity contribution in [3.05, 3.63) is 54.6 Å². The highest BCUT2D eigenvalue weighted by atomic mass is 15.1. The second-order valence-corrected chi connectivity index (χ2v) is 5.14. The molecule has 0 fully saturated rings. The predicted octanol–water partition coefficient (Wildman–Crippen LogP) is 3.46. The number of nitrogens with zero attached hydrogens (tertiary/aromatic N) is 2. The van der Waals surface area contributed by atoms with E-state index in [9.17, 15) is 0 Å². The van der Waals surface area contributed by atoms with Gasteiger partial charge >= 0.3 is 0 Å². The van der Waals surface area contributed by atoms with Gasteiger partial charge in [0.2, 0.25) is 6.33 Å². The van der Waals surface area contributed by atoms with Crippen LogP contribution in [-0.2, 0) is 7.05 Å². The zero-order valence-electron chi connectivity index (χ0n) is 11.6. The lowest BCUT2D eigenvalue weighted by atomic mass is 9.93. The second kappa shape index (κ2) is 5.85. The van der Waals surface area contributed by atoms with Gasteiger partial charge in [-0.05, 0) is 24.3 Å². The first-order valence-electron chi connectivity index (χ1n) is 6.78. The molecule has 1 heterocycles. The molecule has 2 atom stereocenters. The highest BCUT2D eigenvalue weighted by Gasteiger charge is 2.18. The van der Waals surface area contributed by atoms with E-state index in [-0.39, 0.29) is 0 Å². The number of imidazole rings is 1. The number of aryl methyl sites for hydroxylation is 1. The minimum atomic E-state index is 0.585. The van der Waals surface area contributed by atoms with Gasteiger partial charge in [-0.2, -0.15) is 0 Å². The van der Waals surface area contributed by atoms with Crippen molar-refractivity contribution >= 4 is 0 Å². The van der Waals surface area contributed by atoms with Crippen molar-refractivity contribution in [2.24, 2.45) is 7.05 Å². The van der Waals surface area contributed by atoms with E-state index in [0.717, 1.165) is 0 Å². The Morgan fingerprint density at radius 1 is 1.22 bits per heavy atom. The van der Waals surface area contributed by atoms with Crippen molar-refractivity contribution < 1.29 is 4.57 Å². The molecule has 0 saturated heterocycles. The Hall–Kier alpha value is -1.57. The first kappa shape index (κ1) is 12.9. The molecule has 2 heteroatoms. The summed E-state index contributed by atoms with van der Waals surface area (Å²) in [5, 5.41) is 0. The van der Waals surface area contributed by atoms with Gasteiger partial charge in [-0.25, -0.2) is 9.13 Å². The number of hydrogen-bond acceptors (Lipinski definition) is 0. The molecule has 96 valence electrons. The average Bonchev–Trinajstić information content (AvgIpc) is 2.83. The maximum atomic E-state index is 2.33. The van der Waals surface area contributed by atoms with E-state index in [1.54, 1.807) is 0 Å². The normalized spacial score (nSPS) is 14.4. The topological polar surface area (TPSA) is 8.81 Å². The van der Waals surface area contributed by atoms with Gasteiger partial charge in [-0.3, -0.25) is 0 Å². The van der Waals surface area contributed by atoms with Crippen LogP contribution in [0.1, 0.15) is 44.2 Å². The summed E-state index contributed by atoms with van der Waals surface area (Å²) in [5.74, 6) is 0.601. The van der Waals surface area contributed by atoms with Crippen LogP contribution in [0.25, 0.3) is 0 Å². The van der Waals surface area contributed by atoms with E-state index in [2.05, 4.69) is 79.1 Å². The summed E-state index contributed by atoms with van der Waals surface area (Å²) in [5.41, 5.74) is 1.44. The monoisotopic (exact) mass is 243 g/mol. The highest BCUT2D eigenvalue weighted by Crippen LogP contribution is 2.27. The van der Waals surface area contributed by atoms with E-state index in [1.807, 2.05) is 0 Å². The number of rotatable bonds is 5. The molecule has 2 aromatic rings. The van der Waals surface area contributed by atoms with Crippen LogP contribution in [-0.4, -0.2) is 4.57 Å². The Morgan fingerprint density at radius 2 is 1.94 bits per heavy atom. The van der Waals surface area contributed by atoms with Crippen molar-refractivity contribution in [3.63, 3.8) is 0 Å². The summed E-state index contributed by atoms with van der Waals surface area (Å²) >= 11 is 0. The Labute approximate surface area is 110 Å². The Kier molecular flexibility index (Phi) is 4.19. The zero-order chi connectivity index (χ0) is 13.0. The second-order valence-electron chi connectivity index (χ2n) is 5.14. The summed E-state index contributed by atoms with van der Waals surface area (Å²) in [6.45, 7) is 4.59. The fourth-order valence-corrected chi connectivity index (χ4v) is 2.51. The van der Waals surface area contributed by atoms with Crippen molar-refractivity contribution in [2.45, 2.75) is 38.6 Å². The van der Waals surface area contributed by atoms with Gasteiger partial charge in [0, 0.05) is 0 Å². The van der Waals surface area contributed by atoms with Crippen LogP contribution in [0, 0.1) is 0 Å². The molecule has 0 N–H and O–H groups in total. The lowest BCUT2D eigenvalue weighted by Crippen LogP contribution is -2.24. The van der Waals surface area contributed by atoms with Crippen molar-refractivity contribution in [3.8, 4) is 0 Å². The van der Waals surface area contributed by atoms with Crippen LogP contribution in [0.3, 0.4) is 0 Å². The first-order chi connectivity index (χ1) is 8.70. The molecule has 1 aromatic heterocycles. The SMILES string of the molecule is CCC(CC(C)c1ccccc1)n1cc[n+](C)c1. The summed E-state index contributed by atoms with van der Waals surface area (Å²) < 4.78 is 4.44. The van der Waals surface area contributed by atoms with Crippen LogP contribution < -0.4 is 4.57 Å². The van der Waals surface area contributed by atoms with Crippen molar-refractivity contribution in [1.82, 2.24) is 4.57 Å².